The van der Waals surface area contributed by atoms with E-state index in [4.69, 9.17) is 9.26 Å². The van der Waals surface area contributed by atoms with Crippen LogP contribution in [0.5, 0.6) is 0 Å². The average molecular weight is 296 g/mol. The van der Waals surface area contributed by atoms with Crippen molar-refractivity contribution >= 4 is 17.6 Å². The number of hydrogen-bond donors (Lipinski definition) is 2. The Morgan fingerprint density at radius 3 is 2.90 bits per heavy atom. The molecule has 1 aromatic rings. The Balaban J connectivity index is 1.90. The molecule has 0 saturated carbocycles. The molecular formula is C13H20N4O4. The third-order valence-electron chi connectivity index (χ3n) is 3.32. The zero-order chi connectivity index (χ0) is 15.5. The van der Waals surface area contributed by atoms with Crippen molar-refractivity contribution in [2.24, 2.45) is 0 Å². The smallest absolute Gasteiger partial charge is 0.253 e. The summed E-state index contributed by atoms with van der Waals surface area (Å²) < 4.78 is 10.4. The van der Waals surface area contributed by atoms with Gasteiger partial charge in [-0.25, -0.2) is 0 Å². The second-order valence-corrected chi connectivity index (χ2v) is 5.24. The van der Waals surface area contributed by atoms with Crippen molar-refractivity contribution in [1.29, 1.82) is 0 Å². The third-order valence-corrected chi connectivity index (χ3v) is 3.32. The molecule has 8 nitrogen and oxygen atoms in total. The number of anilines is 1. The molecule has 116 valence electrons. The summed E-state index contributed by atoms with van der Waals surface area (Å²) in [6, 6.07) is 1.64. The lowest BCUT2D eigenvalue weighted by Crippen LogP contribution is -2.58. The predicted molar refractivity (Wildman–Crippen MR) is 74.7 cm³/mol. The van der Waals surface area contributed by atoms with Crippen LogP contribution >= 0.6 is 0 Å². The molecule has 0 spiro atoms. The highest BCUT2D eigenvalue weighted by atomic mass is 16.5. The lowest BCUT2D eigenvalue weighted by Gasteiger charge is -2.38. The van der Waals surface area contributed by atoms with Gasteiger partial charge in [0.25, 0.3) is 5.91 Å². The number of aromatic nitrogens is 1. The zero-order valence-electron chi connectivity index (χ0n) is 12.4. The lowest BCUT2D eigenvalue weighted by atomic mass is 10.0. The van der Waals surface area contributed by atoms with Crippen molar-refractivity contribution in [2.45, 2.75) is 19.4 Å². The number of nitrogens with zero attached hydrogens (tertiary/aromatic N) is 2. The number of rotatable bonds is 4. The number of carbonyl (C=O) groups is 2. The van der Waals surface area contributed by atoms with E-state index in [1.807, 2.05) is 4.90 Å². The van der Waals surface area contributed by atoms with E-state index in [9.17, 15) is 9.59 Å². The van der Waals surface area contributed by atoms with Crippen molar-refractivity contribution in [3.05, 3.63) is 11.8 Å². The SMILES string of the molecule is CNC(=O)[C@]1(C)CN(CC(=O)Nc2cc(C)on2)CCO1. The third kappa shape index (κ3) is 3.79. The molecule has 0 aromatic carbocycles. The maximum Gasteiger partial charge on any atom is 0.253 e. The Kier molecular flexibility index (Phi) is 4.59. The number of aryl methyl sites for hydroxylation is 1. The summed E-state index contributed by atoms with van der Waals surface area (Å²) in [6.07, 6.45) is 0. The first-order chi connectivity index (χ1) is 9.93. The highest BCUT2D eigenvalue weighted by molar-refractivity contribution is 5.91. The van der Waals surface area contributed by atoms with Gasteiger partial charge < -0.3 is 19.9 Å². The minimum absolute atomic E-state index is 0.169. The summed E-state index contributed by atoms with van der Waals surface area (Å²) in [6.45, 7) is 4.99. The van der Waals surface area contributed by atoms with Crippen LogP contribution in [0.1, 0.15) is 12.7 Å². The lowest BCUT2D eigenvalue weighted by molar-refractivity contribution is -0.156. The van der Waals surface area contributed by atoms with Gasteiger partial charge in [0.1, 0.15) is 5.76 Å². The van der Waals surface area contributed by atoms with Crippen LogP contribution in [0.4, 0.5) is 5.82 Å². The molecule has 2 N–H and O–H groups in total. The number of morpholine rings is 1. The second kappa shape index (κ2) is 6.23. The van der Waals surface area contributed by atoms with Gasteiger partial charge in [0, 0.05) is 26.2 Å². The van der Waals surface area contributed by atoms with Crippen LogP contribution in [0.3, 0.4) is 0 Å². The van der Waals surface area contributed by atoms with E-state index in [2.05, 4.69) is 15.8 Å². The number of amides is 2. The van der Waals surface area contributed by atoms with Crippen molar-refractivity contribution < 1.29 is 18.8 Å². The van der Waals surface area contributed by atoms with Crippen LogP contribution in [0.25, 0.3) is 0 Å². The summed E-state index contributed by atoms with van der Waals surface area (Å²) >= 11 is 0. The molecule has 1 aromatic heterocycles. The summed E-state index contributed by atoms with van der Waals surface area (Å²) in [5.41, 5.74) is -0.933. The zero-order valence-corrected chi connectivity index (χ0v) is 12.4. The molecule has 0 aliphatic carbocycles. The van der Waals surface area contributed by atoms with Gasteiger partial charge >= 0.3 is 0 Å². The highest BCUT2D eigenvalue weighted by Crippen LogP contribution is 2.17. The predicted octanol–water partition coefficient (Wildman–Crippen LogP) is -0.242. The molecule has 0 radical (unpaired) electrons. The van der Waals surface area contributed by atoms with Crippen LogP contribution in [0, 0.1) is 6.92 Å². The Bertz CT molecular complexity index is 530. The molecule has 1 atom stereocenters. The van der Waals surface area contributed by atoms with Crippen molar-refractivity contribution in [3.63, 3.8) is 0 Å². The number of likely N-dealkylation sites (N-methyl/N-ethyl adjacent to an activating group) is 1. The fraction of sp³-hybridized carbons (Fsp3) is 0.615. The van der Waals surface area contributed by atoms with E-state index in [1.165, 1.54) is 0 Å². The molecule has 2 rings (SSSR count). The first-order valence-electron chi connectivity index (χ1n) is 6.74. The second-order valence-electron chi connectivity index (χ2n) is 5.24. The van der Waals surface area contributed by atoms with E-state index in [1.54, 1.807) is 27.0 Å². The van der Waals surface area contributed by atoms with E-state index >= 15 is 0 Å². The van der Waals surface area contributed by atoms with Gasteiger partial charge in [-0.3, -0.25) is 14.5 Å². The molecule has 1 aliphatic heterocycles. The highest BCUT2D eigenvalue weighted by Gasteiger charge is 2.39. The maximum atomic E-state index is 12.0. The van der Waals surface area contributed by atoms with Gasteiger partial charge in [0.05, 0.1) is 13.2 Å². The van der Waals surface area contributed by atoms with E-state index < -0.39 is 5.60 Å². The van der Waals surface area contributed by atoms with Crippen molar-refractivity contribution in [2.75, 3.05) is 38.6 Å². The van der Waals surface area contributed by atoms with E-state index in [-0.39, 0.29) is 18.4 Å². The minimum Gasteiger partial charge on any atom is -0.363 e. The van der Waals surface area contributed by atoms with Crippen LogP contribution in [0.2, 0.25) is 0 Å². The Labute approximate surface area is 122 Å². The van der Waals surface area contributed by atoms with Gasteiger partial charge in [-0.2, -0.15) is 0 Å². The molecule has 0 bridgehead atoms. The number of hydrogen-bond acceptors (Lipinski definition) is 6. The normalized spacial score (nSPS) is 22.8. The van der Waals surface area contributed by atoms with E-state index in [0.717, 1.165) is 0 Å². The average Bonchev–Trinajstić information content (AvgIpc) is 2.83. The monoisotopic (exact) mass is 296 g/mol. The fourth-order valence-electron chi connectivity index (χ4n) is 2.30. The molecule has 2 heterocycles. The molecule has 1 fully saturated rings. The largest absolute Gasteiger partial charge is 0.363 e. The Hall–Kier alpha value is -1.93. The summed E-state index contributed by atoms with van der Waals surface area (Å²) in [5, 5.41) is 8.94. The first kappa shape index (κ1) is 15.5. The van der Waals surface area contributed by atoms with Crippen LogP contribution in [0.15, 0.2) is 10.6 Å². The van der Waals surface area contributed by atoms with Crippen LogP contribution < -0.4 is 10.6 Å². The summed E-state index contributed by atoms with van der Waals surface area (Å²) in [7, 11) is 1.56. The van der Waals surface area contributed by atoms with Crippen LogP contribution in [-0.4, -0.2) is 60.8 Å². The Morgan fingerprint density at radius 1 is 1.52 bits per heavy atom. The quantitative estimate of drug-likeness (QED) is 0.796. The molecule has 0 unspecified atom stereocenters. The van der Waals surface area contributed by atoms with Gasteiger partial charge in [-0.05, 0) is 13.8 Å². The number of ether oxygens (including phenoxy) is 1. The van der Waals surface area contributed by atoms with Gasteiger partial charge in [0.2, 0.25) is 5.91 Å². The molecule has 2 amide bonds. The fourth-order valence-corrected chi connectivity index (χ4v) is 2.30. The topological polar surface area (TPSA) is 96.7 Å². The number of nitrogens with one attached hydrogen (secondary N) is 2. The molecular weight excluding hydrogens is 276 g/mol. The minimum atomic E-state index is -0.933. The molecule has 1 saturated heterocycles. The summed E-state index contributed by atoms with van der Waals surface area (Å²) in [5.74, 6) is 0.618. The Morgan fingerprint density at radius 2 is 2.29 bits per heavy atom. The molecule has 21 heavy (non-hydrogen) atoms. The van der Waals surface area contributed by atoms with Gasteiger partial charge in [-0.15, -0.1) is 0 Å². The van der Waals surface area contributed by atoms with Gasteiger partial charge in [0.15, 0.2) is 11.4 Å². The van der Waals surface area contributed by atoms with Crippen molar-refractivity contribution in [3.8, 4) is 0 Å². The maximum absolute atomic E-state index is 12.0. The molecule has 1 aliphatic rings. The van der Waals surface area contributed by atoms with Crippen LogP contribution in [-0.2, 0) is 14.3 Å². The van der Waals surface area contributed by atoms with Crippen molar-refractivity contribution in [1.82, 2.24) is 15.4 Å². The summed E-state index contributed by atoms with van der Waals surface area (Å²) in [4.78, 5) is 25.7. The van der Waals surface area contributed by atoms with Gasteiger partial charge in [-0.1, -0.05) is 5.16 Å². The first-order valence-corrected chi connectivity index (χ1v) is 6.74. The number of carbonyl (C=O) groups excluding carboxylic acids is 2. The van der Waals surface area contributed by atoms with E-state index in [0.29, 0.717) is 31.3 Å². The molecule has 8 heteroatoms. The standard InChI is InChI=1S/C13H20N4O4/c1-9-6-10(16-21-9)15-11(18)7-17-4-5-20-13(2,8-17)12(19)14-3/h6H,4-5,7-8H2,1-3H3,(H,14,19)(H,15,16,18)/t13-/m0/s1.